The Kier molecular flexibility index (Phi) is 6.35. The molecule has 0 aromatic rings. The zero-order valence-electron chi connectivity index (χ0n) is 8.05. The highest BCUT2D eigenvalue weighted by Gasteiger charge is 2.01. The van der Waals surface area contributed by atoms with Crippen molar-refractivity contribution in [3.05, 3.63) is 24.3 Å². The van der Waals surface area contributed by atoms with Crippen LogP contribution in [0.2, 0.25) is 0 Å². The van der Waals surface area contributed by atoms with Crippen LogP contribution in [0, 0.1) is 5.92 Å². The van der Waals surface area contributed by atoms with Gasteiger partial charge in [-0.25, -0.2) is 0 Å². The van der Waals surface area contributed by atoms with E-state index in [-0.39, 0.29) is 0 Å². The van der Waals surface area contributed by atoms with Gasteiger partial charge in [0, 0.05) is 0 Å². The van der Waals surface area contributed by atoms with Crippen molar-refractivity contribution in [2.24, 2.45) is 5.92 Å². The molecule has 1 nitrogen and oxygen atoms in total. The van der Waals surface area contributed by atoms with Gasteiger partial charge in [0.1, 0.15) is 6.29 Å². The van der Waals surface area contributed by atoms with Crippen molar-refractivity contribution in [1.82, 2.24) is 0 Å². The SMILES string of the molecule is C=CC[C@H](/C=C(/C=O)CC)CC. The standard InChI is InChI=1S/C11H18O/c1-4-7-10(5-2)8-11(6-3)9-12/h4,8-10H,1,5-7H2,2-3H3/b11-8+/t10-/m1/s1. The Bertz CT molecular complexity index is 168. The van der Waals surface area contributed by atoms with Crippen molar-refractivity contribution in [3.63, 3.8) is 0 Å². The summed E-state index contributed by atoms with van der Waals surface area (Å²) < 4.78 is 0. The van der Waals surface area contributed by atoms with E-state index in [0.717, 1.165) is 31.1 Å². The minimum Gasteiger partial charge on any atom is -0.298 e. The van der Waals surface area contributed by atoms with Gasteiger partial charge >= 0.3 is 0 Å². The number of hydrogen-bond acceptors (Lipinski definition) is 1. The van der Waals surface area contributed by atoms with Gasteiger partial charge in [-0.05, 0) is 30.8 Å². The molecule has 0 N–H and O–H groups in total. The highest BCUT2D eigenvalue weighted by Crippen LogP contribution is 2.13. The Balaban J connectivity index is 4.20. The molecule has 0 radical (unpaired) electrons. The minimum atomic E-state index is 0.489. The maximum absolute atomic E-state index is 10.5. The second-order valence-electron chi connectivity index (χ2n) is 2.91. The van der Waals surface area contributed by atoms with Crippen LogP contribution in [0.4, 0.5) is 0 Å². The molecule has 0 bridgehead atoms. The largest absolute Gasteiger partial charge is 0.298 e. The summed E-state index contributed by atoms with van der Waals surface area (Å²) in [5.74, 6) is 0.489. The number of hydrogen-bond donors (Lipinski definition) is 0. The van der Waals surface area contributed by atoms with Crippen molar-refractivity contribution in [2.45, 2.75) is 33.1 Å². The fourth-order valence-electron chi connectivity index (χ4n) is 1.11. The second-order valence-corrected chi connectivity index (χ2v) is 2.91. The fourth-order valence-corrected chi connectivity index (χ4v) is 1.11. The molecule has 0 aliphatic carbocycles. The van der Waals surface area contributed by atoms with Crippen molar-refractivity contribution in [1.29, 1.82) is 0 Å². The van der Waals surface area contributed by atoms with E-state index in [1.54, 1.807) is 0 Å². The van der Waals surface area contributed by atoms with E-state index < -0.39 is 0 Å². The van der Waals surface area contributed by atoms with E-state index in [2.05, 4.69) is 19.6 Å². The summed E-state index contributed by atoms with van der Waals surface area (Å²) in [6.07, 6.45) is 7.79. The first-order chi connectivity index (χ1) is 5.78. The number of rotatable bonds is 6. The first-order valence-electron chi connectivity index (χ1n) is 4.55. The molecule has 0 fully saturated rings. The number of carbonyl (C=O) groups excluding carboxylic acids is 1. The minimum absolute atomic E-state index is 0.489. The summed E-state index contributed by atoms with van der Waals surface area (Å²) in [5, 5.41) is 0. The number of aldehydes is 1. The molecule has 0 rings (SSSR count). The molecule has 0 saturated carbocycles. The van der Waals surface area contributed by atoms with Crippen LogP contribution >= 0.6 is 0 Å². The molecule has 0 unspecified atom stereocenters. The molecule has 1 heteroatoms. The maximum atomic E-state index is 10.5. The maximum Gasteiger partial charge on any atom is 0.145 e. The molecule has 0 heterocycles. The fraction of sp³-hybridized carbons (Fsp3) is 0.545. The summed E-state index contributed by atoms with van der Waals surface area (Å²) >= 11 is 0. The van der Waals surface area contributed by atoms with Crippen LogP contribution in [-0.4, -0.2) is 6.29 Å². The molecule has 0 aromatic heterocycles. The van der Waals surface area contributed by atoms with Gasteiger partial charge in [-0.2, -0.15) is 0 Å². The van der Waals surface area contributed by atoms with Crippen LogP contribution in [-0.2, 0) is 4.79 Å². The van der Waals surface area contributed by atoms with Crippen LogP contribution in [0.1, 0.15) is 33.1 Å². The molecule has 0 saturated heterocycles. The Morgan fingerprint density at radius 1 is 1.50 bits per heavy atom. The van der Waals surface area contributed by atoms with Gasteiger partial charge in [0.15, 0.2) is 0 Å². The molecular formula is C11H18O. The van der Waals surface area contributed by atoms with Crippen molar-refractivity contribution in [3.8, 4) is 0 Å². The van der Waals surface area contributed by atoms with Gasteiger partial charge in [-0.1, -0.05) is 26.0 Å². The summed E-state index contributed by atoms with van der Waals surface area (Å²) in [6.45, 7) is 7.82. The highest BCUT2D eigenvalue weighted by atomic mass is 16.1. The lowest BCUT2D eigenvalue weighted by Gasteiger charge is -2.07. The quantitative estimate of drug-likeness (QED) is 0.336. The van der Waals surface area contributed by atoms with E-state index in [9.17, 15) is 4.79 Å². The first-order valence-corrected chi connectivity index (χ1v) is 4.55. The summed E-state index contributed by atoms with van der Waals surface area (Å²) in [7, 11) is 0. The zero-order chi connectivity index (χ0) is 9.40. The second kappa shape index (κ2) is 6.84. The van der Waals surface area contributed by atoms with Crippen molar-refractivity contribution < 1.29 is 4.79 Å². The van der Waals surface area contributed by atoms with Crippen molar-refractivity contribution >= 4 is 6.29 Å². The van der Waals surface area contributed by atoms with Crippen LogP contribution in [0.3, 0.4) is 0 Å². The van der Waals surface area contributed by atoms with Crippen LogP contribution in [0.25, 0.3) is 0 Å². The Morgan fingerprint density at radius 2 is 2.17 bits per heavy atom. The molecule has 68 valence electrons. The third kappa shape index (κ3) is 4.12. The van der Waals surface area contributed by atoms with Gasteiger partial charge in [0.2, 0.25) is 0 Å². The summed E-state index contributed by atoms with van der Waals surface area (Å²) in [4.78, 5) is 10.5. The highest BCUT2D eigenvalue weighted by molar-refractivity contribution is 5.72. The van der Waals surface area contributed by atoms with E-state index in [1.807, 2.05) is 13.0 Å². The third-order valence-electron chi connectivity index (χ3n) is 2.00. The lowest BCUT2D eigenvalue weighted by Crippen LogP contribution is -1.95. The Labute approximate surface area is 75.2 Å². The average molecular weight is 166 g/mol. The molecule has 12 heavy (non-hydrogen) atoms. The predicted octanol–water partition coefficient (Wildman–Crippen LogP) is 3.12. The van der Waals surface area contributed by atoms with Crippen LogP contribution in [0.5, 0.6) is 0 Å². The smallest absolute Gasteiger partial charge is 0.145 e. The molecule has 0 aliphatic heterocycles. The number of allylic oxidation sites excluding steroid dienone is 3. The molecule has 0 aromatic carbocycles. The first kappa shape index (κ1) is 11.2. The van der Waals surface area contributed by atoms with E-state index >= 15 is 0 Å². The molecule has 0 spiro atoms. The normalized spacial score (nSPS) is 14.0. The molecule has 0 aliphatic rings. The topological polar surface area (TPSA) is 17.1 Å². The third-order valence-corrected chi connectivity index (χ3v) is 2.00. The lowest BCUT2D eigenvalue weighted by atomic mass is 9.99. The molecule has 1 atom stereocenters. The molecule has 0 amide bonds. The predicted molar refractivity (Wildman–Crippen MR) is 53.0 cm³/mol. The molecular weight excluding hydrogens is 148 g/mol. The monoisotopic (exact) mass is 166 g/mol. The lowest BCUT2D eigenvalue weighted by molar-refractivity contribution is -0.105. The van der Waals surface area contributed by atoms with Crippen LogP contribution < -0.4 is 0 Å². The van der Waals surface area contributed by atoms with Gasteiger partial charge in [0.25, 0.3) is 0 Å². The summed E-state index contributed by atoms with van der Waals surface area (Å²) in [5.41, 5.74) is 0.906. The number of carbonyl (C=O) groups is 1. The summed E-state index contributed by atoms with van der Waals surface area (Å²) in [6, 6.07) is 0. The van der Waals surface area contributed by atoms with Crippen molar-refractivity contribution in [2.75, 3.05) is 0 Å². The van der Waals surface area contributed by atoms with E-state index in [0.29, 0.717) is 5.92 Å². The van der Waals surface area contributed by atoms with Gasteiger partial charge < -0.3 is 0 Å². The van der Waals surface area contributed by atoms with Crippen LogP contribution in [0.15, 0.2) is 24.3 Å². The zero-order valence-corrected chi connectivity index (χ0v) is 8.05. The Hall–Kier alpha value is -0.850. The van der Waals surface area contributed by atoms with Gasteiger partial charge in [-0.3, -0.25) is 4.79 Å². The van der Waals surface area contributed by atoms with E-state index in [1.165, 1.54) is 0 Å². The van der Waals surface area contributed by atoms with Gasteiger partial charge in [0.05, 0.1) is 0 Å². The van der Waals surface area contributed by atoms with E-state index in [4.69, 9.17) is 0 Å². The Morgan fingerprint density at radius 3 is 2.50 bits per heavy atom. The average Bonchev–Trinajstić information content (AvgIpc) is 2.12. The van der Waals surface area contributed by atoms with Gasteiger partial charge in [-0.15, -0.1) is 6.58 Å².